The van der Waals surface area contributed by atoms with Gasteiger partial charge in [0, 0.05) is 18.9 Å². The van der Waals surface area contributed by atoms with Gasteiger partial charge in [-0.3, -0.25) is 4.79 Å². The Kier molecular flexibility index (Phi) is 14.3. The standard InChI is InChI=1S/C37H41N3O13/c1-22(41)47-21-26-29(30(27(39-40-38)36(46-3)50-26)48-19-23-13-7-4-8-14-23)52-37-33(51-34(43)25-17-11-6-12-18-25)31(28(42)32(53-37)35(44)45-2)49-20-24-15-9-5-10-16-24/h4-18,26-33,36-37,42H,19-21H2,1-3H3/t26-,27-,28+,29-,30-,31+,32-,33-,36+,37-/m1/s1. The van der Waals surface area contributed by atoms with E-state index in [4.69, 9.17) is 42.6 Å². The molecule has 0 unspecified atom stereocenters. The first-order valence-electron chi connectivity index (χ1n) is 16.7. The van der Waals surface area contributed by atoms with Crippen molar-refractivity contribution in [3.05, 3.63) is 118 Å². The smallest absolute Gasteiger partial charge is 0.338 e. The molecule has 0 spiro atoms. The molecule has 2 aliphatic rings. The van der Waals surface area contributed by atoms with Gasteiger partial charge in [-0.05, 0) is 28.8 Å². The third-order valence-corrected chi connectivity index (χ3v) is 8.55. The molecule has 0 bridgehead atoms. The molecule has 1 N–H and O–H groups in total. The van der Waals surface area contributed by atoms with Crippen molar-refractivity contribution in [3.63, 3.8) is 0 Å². The lowest BCUT2D eigenvalue weighted by Gasteiger charge is -2.48. The highest BCUT2D eigenvalue weighted by Gasteiger charge is 2.56. The highest BCUT2D eigenvalue weighted by molar-refractivity contribution is 5.89. The predicted molar refractivity (Wildman–Crippen MR) is 182 cm³/mol. The molecule has 10 atom stereocenters. The predicted octanol–water partition coefficient (Wildman–Crippen LogP) is 3.64. The van der Waals surface area contributed by atoms with E-state index in [-0.39, 0.29) is 25.4 Å². The van der Waals surface area contributed by atoms with Crippen molar-refractivity contribution in [2.45, 2.75) is 81.5 Å². The van der Waals surface area contributed by atoms with Gasteiger partial charge in [-0.15, -0.1) is 0 Å². The lowest BCUT2D eigenvalue weighted by molar-refractivity contribution is -0.347. The van der Waals surface area contributed by atoms with Crippen LogP contribution >= 0.6 is 0 Å². The van der Waals surface area contributed by atoms with E-state index in [1.54, 1.807) is 42.5 Å². The SMILES string of the molecule is COC(=O)[C@@H]1O[C@@H](O[C@H]2[C@H](OCc3ccccc3)[C@@H](N=[N+]=[N-])[C@@H](OC)O[C@@H]2COC(C)=O)[C@H](OC(=O)c2ccccc2)[C@@H](OCc2ccccc2)[C@@H]1O. The maximum absolute atomic E-state index is 13.6. The Balaban J connectivity index is 1.57. The normalized spacial score (nSPS) is 28.2. The van der Waals surface area contributed by atoms with Crippen LogP contribution in [0.1, 0.15) is 28.4 Å². The van der Waals surface area contributed by atoms with E-state index in [0.29, 0.717) is 5.56 Å². The number of hydrogen-bond acceptors (Lipinski definition) is 14. The number of benzene rings is 3. The van der Waals surface area contributed by atoms with E-state index in [0.717, 1.165) is 12.7 Å². The summed E-state index contributed by atoms with van der Waals surface area (Å²) < 4.78 is 53.1. The largest absolute Gasteiger partial charge is 0.467 e. The number of methoxy groups -OCH3 is 2. The molecular formula is C37H41N3O13. The summed E-state index contributed by atoms with van der Waals surface area (Å²) in [5.74, 6) is -2.41. The fraction of sp³-hybridized carbons (Fsp3) is 0.432. The van der Waals surface area contributed by atoms with Gasteiger partial charge < -0.3 is 47.7 Å². The maximum Gasteiger partial charge on any atom is 0.338 e. The number of carbonyl (C=O) groups excluding carboxylic acids is 3. The summed E-state index contributed by atoms with van der Waals surface area (Å²) in [7, 11) is 2.45. The van der Waals surface area contributed by atoms with E-state index in [1.165, 1.54) is 26.2 Å². The second-order valence-corrected chi connectivity index (χ2v) is 12.1. The van der Waals surface area contributed by atoms with Crippen molar-refractivity contribution in [1.82, 2.24) is 0 Å². The van der Waals surface area contributed by atoms with Crippen LogP contribution in [0, 0.1) is 0 Å². The molecule has 16 nitrogen and oxygen atoms in total. The molecule has 2 heterocycles. The first kappa shape index (κ1) is 39.3. The van der Waals surface area contributed by atoms with Gasteiger partial charge in [-0.2, -0.15) is 0 Å². The Hall–Kier alpha value is -4.90. The number of aliphatic hydroxyl groups is 1. The molecular weight excluding hydrogens is 694 g/mol. The molecule has 5 rings (SSSR count). The molecule has 2 aliphatic heterocycles. The van der Waals surface area contributed by atoms with E-state index >= 15 is 0 Å². The van der Waals surface area contributed by atoms with Crippen molar-refractivity contribution in [2.24, 2.45) is 5.11 Å². The van der Waals surface area contributed by atoms with Gasteiger partial charge in [0.25, 0.3) is 0 Å². The molecule has 2 fully saturated rings. The monoisotopic (exact) mass is 735 g/mol. The number of rotatable bonds is 15. The summed E-state index contributed by atoms with van der Waals surface area (Å²) in [5.41, 5.74) is 11.2. The van der Waals surface area contributed by atoms with Crippen molar-refractivity contribution >= 4 is 17.9 Å². The zero-order chi connectivity index (χ0) is 37.7. The lowest BCUT2D eigenvalue weighted by atomic mass is 9.95. The third kappa shape index (κ3) is 10.2. The van der Waals surface area contributed by atoms with E-state index in [2.05, 4.69) is 10.0 Å². The molecule has 0 aliphatic carbocycles. The summed E-state index contributed by atoms with van der Waals surface area (Å²) in [6.07, 6.45) is -12.9. The van der Waals surface area contributed by atoms with Crippen molar-refractivity contribution in [2.75, 3.05) is 20.8 Å². The van der Waals surface area contributed by atoms with Crippen LogP contribution in [0.5, 0.6) is 0 Å². The molecule has 0 radical (unpaired) electrons. The molecule has 3 aromatic rings. The summed E-state index contributed by atoms with van der Waals surface area (Å²) in [6.45, 7) is 0.760. The molecule has 282 valence electrons. The highest BCUT2D eigenvalue weighted by atomic mass is 16.8. The lowest BCUT2D eigenvalue weighted by Crippen LogP contribution is -2.66. The summed E-state index contributed by atoms with van der Waals surface area (Å²) in [5, 5.41) is 15.5. The van der Waals surface area contributed by atoms with Crippen molar-refractivity contribution < 1.29 is 62.1 Å². The summed E-state index contributed by atoms with van der Waals surface area (Å²) >= 11 is 0. The summed E-state index contributed by atoms with van der Waals surface area (Å²) in [4.78, 5) is 41.6. The zero-order valence-corrected chi connectivity index (χ0v) is 29.2. The summed E-state index contributed by atoms with van der Waals surface area (Å²) in [6, 6.07) is 25.0. The van der Waals surface area contributed by atoms with Crippen LogP contribution in [0.2, 0.25) is 0 Å². The number of carbonyl (C=O) groups is 3. The third-order valence-electron chi connectivity index (χ3n) is 8.55. The van der Waals surface area contributed by atoms with Gasteiger partial charge in [0.05, 0.1) is 25.9 Å². The van der Waals surface area contributed by atoms with Gasteiger partial charge in [0.2, 0.25) is 0 Å². The molecule has 3 aromatic carbocycles. The maximum atomic E-state index is 13.6. The van der Waals surface area contributed by atoms with Crippen LogP contribution in [-0.2, 0) is 65.4 Å². The van der Waals surface area contributed by atoms with Gasteiger partial charge in [0.15, 0.2) is 24.8 Å². The quantitative estimate of drug-likeness (QED) is 0.0780. The van der Waals surface area contributed by atoms with Crippen LogP contribution in [0.25, 0.3) is 10.4 Å². The van der Waals surface area contributed by atoms with Crippen molar-refractivity contribution in [3.8, 4) is 0 Å². The minimum atomic E-state index is -1.71. The Morgan fingerprint density at radius 2 is 1.38 bits per heavy atom. The zero-order valence-electron chi connectivity index (χ0n) is 29.2. The van der Waals surface area contributed by atoms with Crippen LogP contribution in [0.15, 0.2) is 96.1 Å². The average molecular weight is 736 g/mol. The molecule has 16 heteroatoms. The van der Waals surface area contributed by atoms with Crippen LogP contribution in [0.3, 0.4) is 0 Å². The molecule has 53 heavy (non-hydrogen) atoms. The topological polar surface area (TPSA) is 203 Å². The molecule has 0 amide bonds. The molecule has 0 saturated carbocycles. The second kappa shape index (κ2) is 19.3. The Labute approximate surface area is 305 Å². The highest BCUT2D eigenvalue weighted by Crippen LogP contribution is 2.35. The number of ether oxygens (including phenoxy) is 9. The first-order chi connectivity index (χ1) is 25.7. The molecule has 2 saturated heterocycles. The van der Waals surface area contributed by atoms with Gasteiger partial charge >= 0.3 is 17.9 Å². The van der Waals surface area contributed by atoms with Crippen LogP contribution in [0.4, 0.5) is 0 Å². The number of aliphatic hydroxyl groups excluding tert-OH is 1. The fourth-order valence-electron chi connectivity index (χ4n) is 5.97. The van der Waals surface area contributed by atoms with E-state index in [1.807, 2.05) is 36.4 Å². The number of hydrogen-bond donors (Lipinski definition) is 1. The van der Waals surface area contributed by atoms with Crippen LogP contribution in [-0.4, -0.2) is 105 Å². The van der Waals surface area contributed by atoms with E-state index in [9.17, 15) is 25.0 Å². The number of azide groups is 1. The van der Waals surface area contributed by atoms with Gasteiger partial charge in [-0.1, -0.05) is 84.0 Å². The Bertz CT molecular complexity index is 1680. The Morgan fingerprint density at radius 1 is 0.792 bits per heavy atom. The van der Waals surface area contributed by atoms with Gasteiger partial charge in [0.1, 0.15) is 43.2 Å². The average Bonchev–Trinajstić information content (AvgIpc) is 3.18. The Morgan fingerprint density at radius 3 is 1.92 bits per heavy atom. The van der Waals surface area contributed by atoms with Crippen LogP contribution < -0.4 is 0 Å². The van der Waals surface area contributed by atoms with Crippen molar-refractivity contribution in [1.29, 1.82) is 0 Å². The number of esters is 3. The van der Waals surface area contributed by atoms with Gasteiger partial charge in [-0.25, -0.2) is 9.59 Å². The van der Waals surface area contributed by atoms with E-state index < -0.39 is 79.3 Å². The number of nitrogens with zero attached hydrogens (tertiary/aromatic N) is 3. The molecule has 0 aromatic heterocycles. The first-order valence-corrected chi connectivity index (χ1v) is 16.7. The minimum absolute atomic E-state index is 0.00376. The minimum Gasteiger partial charge on any atom is -0.467 e. The fourth-order valence-corrected chi connectivity index (χ4v) is 5.97. The second-order valence-electron chi connectivity index (χ2n) is 12.1.